The normalized spacial score (nSPS) is 14.9. The molecule has 2 heterocycles. The number of rotatable bonds is 5. The van der Waals surface area contributed by atoms with E-state index in [1.54, 1.807) is 30.3 Å². The fourth-order valence-corrected chi connectivity index (χ4v) is 2.65. The number of nitrogens with one attached hydrogen (secondary N) is 2. The summed E-state index contributed by atoms with van der Waals surface area (Å²) in [5.41, 5.74) is 1.16. The van der Waals surface area contributed by atoms with Crippen molar-refractivity contribution < 1.29 is 18.7 Å². The Hall–Kier alpha value is -2.90. The molecule has 132 valence electrons. The minimum Gasteiger partial charge on any atom is -0.458 e. The van der Waals surface area contributed by atoms with Crippen molar-refractivity contribution in [2.24, 2.45) is 0 Å². The topological polar surface area (TPSA) is 80.6 Å². The lowest BCUT2D eigenvalue weighted by atomic mass is 10.1. The highest BCUT2D eigenvalue weighted by molar-refractivity contribution is 7.80. The van der Waals surface area contributed by atoms with Gasteiger partial charge in [-0.05, 0) is 42.5 Å². The lowest BCUT2D eigenvalue weighted by Crippen LogP contribution is -2.21. The number of halogens is 1. The van der Waals surface area contributed by atoms with Crippen LogP contribution in [0, 0.1) is 0 Å². The van der Waals surface area contributed by atoms with Crippen LogP contribution in [0.4, 0.5) is 0 Å². The number of furan rings is 1. The van der Waals surface area contributed by atoms with Gasteiger partial charge in [-0.2, -0.15) is 0 Å². The van der Waals surface area contributed by atoms with Gasteiger partial charge in [0, 0.05) is 11.6 Å². The number of ether oxygens (including phenoxy) is 1. The molecular formula is C18H13ClN2O4S. The molecule has 26 heavy (non-hydrogen) atoms. The van der Waals surface area contributed by atoms with Gasteiger partial charge in [0.1, 0.15) is 23.8 Å². The Morgan fingerprint density at radius 3 is 2.81 bits per heavy atom. The van der Waals surface area contributed by atoms with E-state index in [0.29, 0.717) is 22.8 Å². The van der Waals surface area contributed by atoms with Crippen molar-refractivity contribution in [3.05, 3.63) is 65.0 Å². The molecule has 1 aliphatic rings. The van der Waals surface area contributed by atoms with Gasteiger partial charge in [-0.25, -0.2) is 4.79 Å². The van der Waals surface area contributed by atoms with Crippen LogP contribution in [0.5, 0.6) is 0 Å². The summed E-state index contributed by atoms with van der Waals surface area (Å²) in [4.78, 5) is 23.7. The van der Waals surface area contributed by atoms with Crippen LogP contribution in [0.25, 0.3) is 17.4 Å². The molecule has 0 aliphatic carbocycles. The van der Waals surface area contributed by atoms with E-state index in [9.17, 15) is 9.59 Å². The maximum Gasteiger partial charge on any atom is 0.339 e. The maximum atomic E-state index is 12.1. The van der Waals surface area contributed by atoms with E-state index in [4.69, 9.17) is 33.0 Å². The minimum absolute atomic E-state index is 0.0921. The molecule has 1 aromatic heterocycles. The number of amides is 1. The average Bonchev–Trinajstić information content (AvgIpc) is 3.20. The summed E-state index contributed by atoms with van der Waals surface area (Å²) in [6.45, 7) is 3.59. The van der Waals surface area contributed by atoms with E-state index in [-0.39, 0.29) is 28.2 Å². The molecule has 0 saturated carbocycles. The molecule has 8 heteroatoms. The number of hydrogen-bond donors (Lipinski definition) is 2. The van der Waals surface area contributed by atoms with Crippen molar-refractivity contribution in [2.45, 2.75) is 0 Å². The summed E-state index contributed by atoms with van der Waals surface area (Å²) in [5, 5.41) is 5.72. The van der Waals surface area contributed by atoms with Crippen LogP contribution in [0.3, 0.4) is 0 Å². The number of thiocarbonyl (C=S) groups is 1. The number of esters is 1. The predicted molar refractivity (Wildman–Crippen MR) is 101 cm³/mol. The van der Waals surface area contributed by atoms with Gasteiger partial charge in [-0.1, -0.05) is 24.3 Å². The molecule has 3 rings (SSSR count). The van der Waals surface area contributed by atoms with Gasteiger partial charge in [-0.3, -0.25) is 10.1 Å². The van der Waals surface area contributed by atoms with Crippen molar-refractivity contribution in [3.8, 4) is 11.3 Å². The van der Waals surface area contributed by atoms with E-state index in [2.05, 4.69) is 17.2 Å². The third kappa shape index (κ3) is 3.84. The Labute approximate surface area is 159 Å². The Balaban J connectivity index is 1.86. The molecule has 1 fully saturated rings. The van der Waals surface area contributed by atoms with Crippen molar-refractivity contribution in [3.63, 3.8) is 0 Å². The molecule has 1 saturated heterocycles. The van der Waals surface area contributed by atoms with Crippen LogP contribution in [0.1, 0.15) is 16.1 Å². The van der Waals surface area contributed by atoms with Crippen LogP contribution >= 0.6 is 23.8 Å². The number of benzene rings is 1. The Morgan fingerprint density at radius 1 is 1.31 bits per heavy atom. The summed E-state index contributed by atoms with van der Waals surface area (Å²) in [6, 6.07) is 8.31. The Bertz CT molecular complexity index is 948. The number of hydrogen-bond acceptors (Lipinski definition) is 5. The molecule has 1 aliphatic heterocycles. The lowest BCUT2D eigenvalue weighted by Gasteiger charge is -2.06. The summed E-state index contributed by atoms with van der Waals surface area (Å²) in [7, 11) is 0. The van der Waals surface area contributed by atoms with E-state index in [0.717, 1.165) is 0 Å². The fourth-order valence-electron chi connectivity index (χ4n) is 2.26. The number of carbonyl (C=O) groups is 2. The van der Waals surface area contributed by atoms with Gasteiger partial charge < -0.3 is 14.5 Å². The van der Waals surface area contributed by atoms with Crippen LogP contribution in [-0.2, 0) is 9.53 Å². The van der Waals surface area contributed by atoms with Crippen LogP contribution in [0.15, 0.2) is 53.1 Å². The second-order valence-electron chi connectivity index (χ2n) is 5.25. The van der Waals surface area contributed by atoms with Gasteiger partial charge in [-0.15, -0.1) is 0 Å². The zero-order valence-corrected chi connectivity index (χ0v) is 14.9. The average molecular weight is 389 g/mol. The Kier molecular flexibility index (Phi) is 5.20. The molecule has 0 unspecified atom stereocenters. The highest BCUT2D eigenvalue weighted by Crippen LogP contribution is 2.28. The first-order valence-electron chi connectivity index (χ1n) is 7.49. The fraction of sp³-hybridized carbons (Fsp3) is 0.0556. The van der Waals surface area contributed by atoms with Gasteiger partial charge in [0.15, 0.2) is 5.11 Å². The largest absolute Gasteiger partial charge is 0.458 e. The smallest absolute Gasteiger partial charge is 0.339 e. The van der Waals surface area contributed by atoms with Crippen molar-refractivity contribution >= 4 is 46.9 Å². The van der Waals surface area contributed by atoms with Crippen molar-refractivity contribution in [1.29, 1.82) is 0 Å². The standard InChI is InChI=1S/C18H13ClN2O4S/c1-2-7-24-17(23)12-8-10(3-5-13(12)19)15-6-4-11(25-15)9-14-16(22)21-18(26)20-14/h2-6,8-9H,1,7H2,(H2,20,21,22,26)/b14-9+. The minimum atomic E-state index is -0.550. The Morgan fingerprint density at radius 2 is 2.12 bits per heavy atom. The summed E-state index contributed by atoms with van der Waals surface area (Å²) in [5.74, 6) is 0.0815. The zero-order chi connectivity index (χ0) is 18.7. The van der Waals surface area contributed by atoms with Gasteiger partial charge in [0.25, 0.3) is 5.91 Å². The first-order valence-corrected chi connectivity index (χ1v) is 8.28. The lowest BCUT2D eigenvalue weighted by molar-refractivity contribution is -0.115. The third-order valence-electron chi connectivity index (χ3n) is 3.44. The molecule has 0 bridgehead atoms. The molecule has 0 radical (unpaired) electrons. The van der Waals surface area contributed by atoms with Crippen molar-refractivity contribution in [1.82, 2.24) is 10.6 Å². The summed E-state index contributed by atoms with van der Waals surface area (Å²) < 4.78 is 10.7. The second-order valence-corrected chi connectivity index (χ2v) is 6.07. The molecule has 2 N–H and O–H groups in total. The van der Waals surface area contributed by atoms with E-state index >= 15 is 0 Å². The van der Waals surface area contributed by atoms with Crippen LogP contribution in [-0.4, -0.2) is 23.6 Å². The highest BCUT2D eigenvalue weighted by atomic mass is 35.5. The van der Waals surface area contributed by atoms with Gasteiger partial charge >= 0.3 is 5.97 Å². The quantitative estimate of drug-likeness (QED) is 0.354. The SMILES string of the molecule is C=CCOC(=O)c1cc(-c2ccc(/C=C3/NC(=S)NC3=O)o2)ccc1Cl. The molecule has 1 amide bonds. The van der Waals surface area contributed by atoms with Crippen molar-refractivity contribution in [2.75, 3.05) is 6.61 Å². The molecule has 6 nitrogen and oxygen atoms in total. The zero-order valence-electron chi connectivity index (χ0n) is 13.4. The molecule has 0 spiro atoms. The first-order chi connectivity index (χ1) is 12.5. The maximum absolute atomic E-state index is 12.1. The summed E-state index contributed by atoms with van der Waals surface area (Å²) >= 11 is 10.9. The molecular weight excluding hydrogens is 376 g/mol. The van der Waals surface area contributed by atoms with E-state index < -0.39 is 5.97 Å². The molecule has 2 aromatic rings. The molecule has 1 aromatic carbocycles. The summed E-state index contributed by atoms with van der Waals surface area (Å²) in [6.07, 6.45) is 3.01. The first kappa shape index (κ1) is 17.9. The predicted octanol–water partition coefficient (Wildman–Crippen LogP) is 3.29. The third-order valence-corrected chi connectivity index (χ3v) is 3.97. The monoisotopic (exact) mass is 388 g/mol. The van der Waals surface area contributed by atoms with E-state index in [1.807, 2.05) is 0 Å². The highest BCUT2D eigenvalue weighted by Gasteiger charge is 2.21. The number of carbonyl (C=O) groups excluding carboxylic acids is 2. The van der Waals surface area contributed by atoms with Gasteiger partial charge in [0.2, 0.25) is 0 Å². The van der Waals surface area contributed by atoms with Crippen LogP contribution < -0.4 is 10.6 Å². The van der Waals surface area contributed by atoms with Crippen LogP contribution in [0.2, 0.25) is 5.02 Å². The van der Waals surface area contributed by atoms with E-state index in [1.165, 1.54) is 12.2 Å². The van der Waals surface area contributed by atoms with Gasteiger partial charge in [0.05, 0.1) is 10.6 Å². The second kappa shape index (κ2) is 7.55. The molecule has 0 atom stereocenters.